The summed E-state index contributed by atoms with van der Waals surface area (Å²) in [5.74, 6) is 0. The van der Waals surface area contributed by atoms with Crippen LogP contribution in [0.15, 0.2) is 30.5 Å². The third-order valence-corrected chi connectivity index (χ3v) is 5.78. The first-order chi connectivity index (χ1) is 5.97. The first kappa shape index (κ1) is 10.5. The van der Waals surface area contributed by atoms with Gasteiger partial charge in [0.15, 0.2) is 0 Å². The lowest BCUT2D eigenvalue weighted by Crippen LogP contribution is -2.36. The average molecular weight is 211 g/mol. The van der Waals surface area contributed by atoms with E-state index in [0.29, 0.717) is 0 Å². The van der Waals surface area contributed by atoms with E-state index in [9.17, 15) is 0 Å². The Labute approximate surface area is 86.0 Å². The summed E-state index contributed by atoms with van der Waals surface area (Å²) in [5.41, 5.74) is 4.52. The number of hydrogen-bond acceptors (Lipinski definition) is 0. The van der Waals surface area contributed by atoms with E-state index in [1.165, 1.54) is 16.3 Å². The lowest BCUT2D eigenvalue weighted by molar-refractivity contribution is 1.35. The van der Waals surface area contributed by atoms with Crippen LogP contribution in [0.3, 0.4) is 0 Å². The molecule has 13 heavy (non-hydrogen) atoms. The fourth-order valence-corrected chi connectivity index (χ4v) is 2.66. The van der Waals surface area contributed by atoms with E-state index in [1.54, 1.807) is 0 Å². The molecule has 0 aliphatic carbocycles. The topological polar surface area (TPSA) is 0 Å². The summed E-state index contributed by atoms with van der Waals surface area (Å²) in [7, 11) is -1.87. The van der Waals surface area contributed by atoms with Gasteiger partial charge in [-0.1, -0.05) is 23.9 Å². The smallest absolute Gasteiger partial charge is 0.156 e. The maximum Gasteiger partial charge on any atom is 0.206 e. The molecule has 0 aliphatic rings. The Hall–Kier alpha value is -0.533. The molecule has 0 amide bonds. The lowest BCUT2D eigenvalue weighted by atomic mass is 10.1. The average Bonchev–Trinajstić information content (AvgIpc) is 2.09. The van der Waals surface area contributed by atoms with Crippen LogP contribution in [0, 0.1) is 13.8 Å². The van der Waals surface area contributed by atoms with Crippen LogP contribution in [0.25, 0.3) is 0 Å². The summed E-state index contributed by atoms with van der Waals surface area (Å²) >= 11 is 6.39. The van der Waals surface area contributed by atoms with Gasteiger partial charge in [-0.2, -0.15) is 11.1 Å². The molecule has 0 heterocycles. The van der Waals surface area contributed by atoms with Crippen molar-refractivity contribution in [3.05, 3.63) is 41.6 Å². The molecule has 1 aromatic rings. The van der Waals surface area contributed by atoms with Gasteiger partial charge >= 0.3 is 0 Å². The van der Waals surface area contributed by atoms with Crippen LogP contribution >= 0.6 is 11.1 Å². The highest BCUT2D eigenvalue weighted by Gasteiger charge is 2.22. The minimum absolute atomic E-state index is 1.24. The van der Waals surface area contributed by atoms with Crippen LogP contribution in [0.1, 0.15) is 11.1 Å². The highest BCUT2D eigenvalue weighted by molar-refractivity contribution is 7.29. The zero-order valence-corrected chi connectivity index (χ0v) is 10.2. The van der Waals surface area contributed by atoms with Crippen LogP contribution < -0.4 is 5.19 Å². The molecule has 0 fully saturated rings. The number of benzene rings is 1. The zero-order chi connectivity index (χ0) is 10.1. The molecule has 0 spiro atoms. The van der Waals surface area contributed by atoms with Crippen molar-refractivity contribution in [2.24, 2.45) is 0 Å². The van der Waals surface area contributed by atoms with Crippen molar-refractivity contribution in [3.63, 3.8) is 0 Å². The van der Waals surface area contributed by atoms with Crippen molar-refractivity contribution < 1.29 is 0 Å². The van der Waals surface area contributed by atoms with Crippen LogP contribution in [-0.2, 0) is 0 Å². The monoisotopic (exact) mass is 210 g/mol. The summed E-state index contributed by atoms with van der Waals surface area (Å²) < 4.78 is 0. The van der Waals surface area contributed by atoms with Gasteiger partial charge in [-0.25, -0.2) is 0 Å². The van der Waals surface area contributed by atoms with Crippen molar-refractivity contribution in [1.82, 2.24) is 0 Å². The van der Waals surface area contributed by atoms with Crippen LogP contribution in [0.2, 0.25) is 6.55 Å². The van der Waals surface area contributed by atoms with Gasteiger partial charge in [-0.3, -0.25) is 0 Å². The van der Waals surface area contributed by atoms with Crippen molar-refractivity contribution >= 4 is 23.6 Å². The van der Waals surface area contributed by atoms with Crippen molar-refractivity contribution in [2.45, 2.75) is 20.4 Å². The summed E-state index contributed by atoms with van der Waals surface area (Å²) in [6.45, 7) is 10.1. The molecular formula is C11H15ClSi. The van der Waals surface area contributed by atoms with Gasteiger partial charge in [0, 0.05) is 0 Å². The van der Waals surface area contributed by atoms with Crippen LogP contribution in [-0.4, -0.2) is 7.38 Å². The van der Waals surface area contributed by atoms with E-state index in [2.05, 4.69) is 45.2 Å². The fourth-order valence-electron chi connectivity index (χ4n) is 1.16. The predicted molar refractivity (Wildman–Crippen MR) is 63.2 cm³/mol. The SMILES string of the molecule is C=C[Si](C)(Cl)c1ccc(C)c(C)c1. The van der Waals surface area contributed by atoms with Gasteiger partial charge < -0.3 is 0 Å². The van der Waals surface area contributed by atoms with Crippen molar-refractivity contribution in [3.8, 4) is 0 Å². The maximum absolute atomic E-state index is 6.39. The van der Waals surface area contributed by atoms with E-state index in [-0.39, 0.29) is 0 Å². The van der Waals surface area contributed by atoms with Crippen LogP contribution in [0.4, 0.5) is 0 Å². The Bertz CT molecular complexity index is 329. The maximum atomic E-state index is 6.39. The minimum atomic E-state index is -1.87. The Morgan fingerprint density at radius 1 is 1.31 bits per heavy atom. The first-order valence-corrected chi connectivity index (χ1v) is 7.96. The first-order valence-electron chi connectivity index (χ1n) is 4.37. The summed E-state index contributed by atoms with van der Waals surface area (Å²) in [6, 6.07) is 6.42. The Kier molecular flexibility index (Phi) is 2.99. The third-order valence-electron chi connectivity index (χ3n) is 2.45. The molecule has 0 aromatic heterocycles. The summed E-state index contributed by atoms with van der Waals surface area (Å²) in [5, 5.41) is 1.24. The lowest BCUT2D eigenvalue weighted by Gasteiger charge is -2.15. The normalized spacial score (nSPS) is 15.1. The molecule has 1 rings (SSSR count). The van der Waals surface area contributed by atoms with Crippen molar-refractivity contribution in [1.29, 1.82) is 0 Å². The number of aryl methyl sites for hydroxylation is 2. The molecule has 1 unspecified atom stereocenters. The van der Waals surface area contributed by atoms with Gasteiger partial charge in [-0.05, 0) is 36.7 Å². The van der Waals surface area contributed by atoms with E-state index in [4.69, 9.17) is 11.1 Å². The van der Waals surface area contributed by atoms with Crippen molar-refractivity contribution in [2.75, 3.05) is 0 Å². The van der Waals surface area contributed by atoms with E-state index < -0.39 is 7.38 Å². The molecule has 0 saturated carbocycles. The Morgan fingerprint density at radius 2 is 1.92 bits per heavy atom. The minimum Gasteiger partial charge on any atom is -0.156 e. The Balaban J connectivity index is 3.18. The second-order valence-corrected chi connectivity index (χ2v) is 9.07. The van der Waals surface area contributed by atoms with Gasteiger partial charge in [0.1, 0.15) is 0 Å². The molecular weight excluding hydrogens is 196 g/mol. The highest BCUT2D eigenvalue weighted by Crippen LogP contribution is 2.12. The summed E-state index contributed by atoms with van der Waals surface area (Å²) in [4.78, 5) is 0. The zero-order valence-electron chi connectivity index (χ0n) is 8.39. The van der Waals surface area contributed by atoms with Crippen LogP contribution in [0.5, 0.6) is 0 Å². The molecule has 1 aromatic carbocycles. The molecule has 0 nitrogen and oxygen atoms in total. The molecule has 0 aliphatic heterocycles. The van der Waals surface area contributed by atoms with Gasteiger partial charge in [-0.15, -0.1) is 6.58 Å². The molecule has 0 saturated heterocycles. The number of rotatable bonds is 2. The number of halogens is 1. The Morgan fingerprint density at radius 3 is 2.38 bits per heavy atom. The highest BCUT2D eigenvalue weighted by atomic mass is 35.6. The molecule has 1 atom stereocenters. The van der Waals surface area contributed by atoms with E-state index in [1.807, 2.05) is 5.70 Å². The molecule has 70 valence electrons. The number of hydrogen-bond donors (Lipinski definition) is 0. The van der Waals surface area contributed by atoms with Gasteiger partial charge in [0.2, 0.25) is 7.38 Å². The van der Waals surface area contributed by atoms with Gasteiger partial charge in [0.25, 0.3) is 0 Å². The van der Waals surface area contributed by atoms with E-state index in [0.717, 1.165) is 0 Å². The molecule has 2 heteroatoms. The second kappa shape index (κ2) is 3.68. The van der Waals surface area contributed by atoms with Gasteiger partial charge in [0.05, 0.1) is 0 Å². The van der Waals surface area contributed by atoms with E-state index >= 15 is 0 Å². The molecule has 0 radical (unpaired) electrons. The largest absolute Gasteiger partial charge is 0.206 e. The fraction of sp³-hybridized carbons (Fsp3) is 0.273. The quantitative estimate of drug-likeness (QED) is 0.520. The summed E-state index contributed by atoms with van der Waals surface area (Å²) in [6.07, 6.45) is 0. The third kappa shape index (κ3) is 2.23. The standard InChI is InChI=1S/C11H15ClSi/c1-5-13(4,12)11-7-6-9(2)10(3)8-11/h5-8H,1H2,2-4H3. The predicted octanol–water partition coefficient (Wildman–Crippen LogP) is 3.05. The second-order valence-electron chi connectivity index (χ2n) is 3.58. The molecule has 0 N–H and O–H groups in total. The molecule has 0 bridgehead atoms.